The molecule has 0 radical (unpaired) electrons. The molecule has 0 amide bonds. The SMILES string of the molecule is COc1ccc(Cl)cc1-n1c(C)cc(C2C(c3ccccn3)NC(=S)N2c2ccccc2)c1C. The molecule has 2 atom stereocenters. The van der Waals surface area contributed by atoms with Crippen molar-refractivity contribution in [3.05, 3.63) is 107 Å². The Hall–Kier alpha value is -3.35. The molecule has 1 fully saturated rings. The molecule has 0 aliphatic carbocycles. The van der Waals surface area contributed by atoms with Crippen LogP contribution in [0, 0.1) is 13.8 Å². The number of para-hydroxylation sites is 1. The molecule has 3 heterocycles. The second-order valence-corrected chi connectivity index (χ2v) is 9.13. The van der Waals surface area contributed by atoms with Gasteiger partial charge >= 0.3 is 0 Å². The number of methoxy groups -OCH3 is 1. The maximum Gasteiger partial charge on any atom is 0.174 e. The lowest BCUT2D eigenvalue weighted by molar-refractivity contribution is 0.412. The first-order valence-electron chi connectivity index (χ1n) is 11.1. The van der Waals surface area contributed by atoms with Crippen molar-refractivity contribution in [2.24, 2.45) is 0 Å². The highest BCUT2D eigenvalue weighted by molar-refractivity contribution is 7.80. The number of nitrogens with zero attached hydrogens (tertiary/aromatic N) is 3. The molecule has 1 N–H and O–H groups in total. The molecule has 0 saturated carbocycles. The Morgan fingerprint density at radius 2 is 1.76 bits per heavy atom. The molecule has 34 heavy (non-hydrogen) atoms. The summed E-state index contributed by atoms with van der Waals surface area (Å²) in [4.78, 5) is 6.85. The molecule has 2 aromatic carbocycles. The summed E-state index contributed by atoms with van der Waals surface area (Å²) in [5, 5.41) is 4.87. The topological polar surface area (TPSA) is 42.3 Å². The molecule has 5 rings (SSSR count). The summed E-state index contributed by atoms with van der Waals surface area (Å²) in [5.74, 6) is 0.763. The summed E-state index contributed by atoms with van der Waals surface area (Å²) < 4.78 is 7.86. The zero-order chi connectivity index (χ0) is 23.8. The molecule has 0 spiro atoms. The molecule has 2 aromatic heterocycles. The number of benzene rings is 2. The Bertz CT molecular complexity index is 1340. The van der Waals surface area contributed by atoms with Gasteiger partial charge in [-0.15, -0.1) is 0 Å². The molecular weight excluding hydrogens is 464 g/mol. The molecule has 172 valence electrons. The van der Waals surface area contributed by atoms with Gasteiger partial charge in [0, 0.05) is 28.3 Å². The number of anilines is 1. The van der Waals surface area contributed by atoms with E-state index in [1.165, 1.54) is 0 Å². The largest absolute Gasteiger partial charge is 0.495 e. The maximum atomic E-state index is 6.38. The van der Waals surface area contributed by atoms with Crippen molar-refractivity contribution in [3.63, 3.8) is 0 Å². The lowest BCUT2D eigenvalue weighted by atomic mass is 9.96. The van der Waals surface area contributed by atoms with Gasteiger partial charge in [-0.1, -0.05) is 35.9 Å². The average Bonchev–Trinajstić information content (AvgIpc) is 3.35. The number of thiocarbonyl (C=S) groups is 1. The first kappa shape index (κ1) is 22.4. The van der Waals surface area contributed by atoms with Gasteiger partial charge in [0.1, 0.15) is 5.75 Å². The first-order valence-corrected chi connectivity index (χ1v) is 11.9. The lowest BCUT2D eigenvalue weighted by Crippen LogP contribution is -2.29. The number of rotatable bonds is 5. The smallest absolute Gasteiger partial charge is 0.174 e. The summed E-state index contributed by atoms with van der Waals surface area (Å²) in [6.45, 7) is 4.23. The zero-order valence-electron chi connectivity index (χ0n) is 19.2. The second-order valence-electron chi connectivity index (χ2n) is 8.31. The van der Waals surface area contributed by atoms with E-state index >= 15 is 0 Å². The Morgan fingerprint density at radius 3 is 2.47 bits per heavy atom. The first-order chi connectivity index (χ1) is 16.5. The van der Waals surface area contributed by atoms with E-state index in [2.05, 4.69) is 51.8 Å². The monoisotopic (exact) mass is 488 g/mol. The number of hydrogen-bond acceptors (Lipinski definition) is 3. The van der Waals surface area contributed by atoms with Crippen LogP contribution in [0.1, 0.15) is 34.7 Å². The van der Waals surface area contributed by atoms with Gasteiger partial charge in [0.05, 0.1) is 30.6 Å². The molecule has 1 saturated heterocycles. The van der Waals surface area contributed by atoms with Gasteiger partial charge in [-0.2, -0.15) is 0 Å². The van der Waals surface area contributed by atoms with Crippen molar-refractivity contribution in [3.8, 4) is 11.4 Å². The minimum absolute atomic E-state index is 0.0880. The third-order valence-corrected chi connectivity index (χ3v) is 6.85. The fraction of sp³-hybridized carbons (Fsp3) is 0.185. The maximum absolute atomic E-state index is 6.38. The highest BCUT2D eigenvalue weighted by Gasteiger charge is 2.42. The average molecular weight is 489 g/mol. The van der Waals surface area contributed by atoms with Gasteiger partial charge in [0.25, 0.3) is 0 Å². The van der Waals surface area contributed by atoms with Crippen molar-refractivity contribution in [1.29, 1.82) is 0 Å². The number of nitrogens with one attached hydrogen (secondary N) is 1. The number of pyridine rings is 1. The van der Waals surface area contributed by atoms with Crippen molar-refractivity contribution in [2.75, 3.05) is 12.0 Å². The van der Waals surface area contributed by atoms with E-state index in [0.717, 1.165) is 39.8 Å². The Balaban J connectivity index is 1.70. The molecule has 0 bridgehead atoms. The Morgan fingerprint density at radius 1 is 1.00 bits per heavy atom. The van der Waals surface area contributed by atoms with Crippen molar-refractivity contribution in [2.45, 2.75) is 25.9 Å². The molecule has 7 heteroatoms. The molecular formula is C27H25ClN4OS. The number of aromatic nitrogens is 2. The predicted molar refractivity (Wildman–Crippen MR) is 141 cm³/mol. The summed E-state index contributed by atoms with van der Waals surface area (Å²) in [5.41, 5.74) is 6.22. The predicted octanol–water partition coefficient (Wildman–Crippen LogP) is 6.33. The molecule has 4 aromatic rings. The van der Waals surface area contributed by atoms with E-state index in [9.17, 15) is 0 Å². The quantitative estimate of drug-likeness (QED) is 0.332. The van der Waals surface area contributed by atoms with E-state index < -0.39 is 0 Å². The fourth-order valence-corrected chi connectivity index (χ4v) is 5.35. The zero-order valence-corrected chi connectivity index (χ0v) is 20.8. The number of aryl methyl sites for hydroxylation is 1. The summed E-state index contributed by atoms with van der Waals surface area (Å²) in [7, 11) is 1.68. The minimum Gasteiger partial charge on any atom is -0.495 e. The van der Waals surface area contributed by atoms with Crippen LogP contribution in [0.4, 0.5) is 5.69 Å². The van der Waals surface area contributed by atoms with Gasteiger partial charge in [-0.25, -0.2) is 0 Å². The van der Waals surface area contributed by atoms with Crippen LogP contribution >= 0.6 is 23.8 Å². The fourth-order valence-electron chi connectivity index (χ4n) is 4.83. The Labute approximate surface area is 210 Å². The van der Waals surface area contributed by atoms with Crippen LogP contribution < -0.4 is 15.0 Å². The van der Waals surface area contributed by atoms with Crippen LogP contribution in [0.25, 0.3) is 5.69 Å². The number of ether oxygens (including phenoxy) is 1. The van der Waals surface area contributed by atoms with E-state index in [1.807, 2.05) is 60.8 Å². The van der Waals surface area contributed by atoms with Gasteiger partial charge < -0.3 is 19.5 Å². The highest BCUT2D eigenvalue weighted by atomic mass is 35.5. The van der Waals surface area contributed by atoms with Crippen LogP contribution in [0.5, 0.6) is 5.75 Å². The van der Waals surface area contributed by atoms with Crippen molar-refractivity contribution < 1.29 is 4.74 Å². The van der Waals surface area contributed by atoms with Crippen LogP contribution in [0.3, 0.4) is 0 Å². The standard InChI is InChI=1S/C27H25ClN4OS/c1-17-15-21(18(2)31(17)23-16-19(28)12-13-24(23)33-3)26-25(22-11-7-8-14-29-22)30-27(34)32(26)20-9-5-4-6-10-20/h4-16,25-26H,1-3H3,(H,30,34). The van der Waals surface area contributed by atoms with E-state index in [1.54, 1.807) is 7.11 Å². The summed E-state index contributed by atoms with van der Waals surface area (Å²) in [6, 6.07) is 23.9. The third-order valence-electron chi connectivity index (χ3n) is 6.30. The third kappa shape index (κ3) is 3.83. The summed E-state index contributed by atoms with van der Waals surface area (Å²) >= 11 is 12.2. The van der Waals surface area contributed by atoms with Crippen molar-refractivity contribution >= 4 is 34.6 Å². The van der Waals surface area contributed by atoms with Gasteiger partial charge in [-0.05, 0) is 80.2 Å². The van der Waals surface area contributed by atoms with E-state index in [-0.39, 0.29) is 12.1 Å². The normalized spacial score (nSPS) is 17.6. The number of halogens is 1. The lowest BCUT2D eigenvalue weighted by Gasteiger charge is -2.28. The van der Waals surface area contributed by atoms with E-state index in [4.69, 9.17) is 28.6 Å². The summed E-state index contributed by atoms with van der Waals surface area (Å²) in [6.07, 6.45) is 1.82. The Kier molecular flexibility index (Phi) is 6.02. The highest BCUT2D eigenvalue weighted by Crippen LogP contribution is 2.44. The van der Waals surface area contributed by atoms with Gasteiger partial charge in [-0.3, -0.25) is 4.98 Å². The van der Waals surface area contributed by atoms with Gasteiger partial charge in [0.15, 0.2) is 5.11 Å². The van der Waals surface area contributed by atoms with E-state index in [0.29, 0.717) is 10.1 Å². The molecule has 5 nitrogen and oxygen atoms in total. The molecule has 2 unspecified atom stereocenters. The second kappa shape index (κ2) is 9.12. The van der Waals surface area contributed by atoms with Crippen molar-refractivity contribution in [1.82, 2.24) is 14.9 Å². The molecule has 1 aliphatic rings. The molecule has 1 aliphatic heterocycles. The van der Waals surface area contributed by atoms with Crippen LogP contribution in [-0.4, -0.2) is 21.8 Å². The van der Waals surface area contributed by atoms with Gasteiger partial charge in [0.2, 0.25) is 0 Å². The number of hydrogen-bond donors (Lipinski definition) is 1. The van der Waals surface area contributed by atoms with Crippen LogP contribution in [0.2, 0.25) is 5.02 Å². The minimum atomic E-state index is -0.107. The van der Waals surface area contributed by atoms with Crippen LogP contribution in [0.15, 0.2) is 79.0 Å². The van der Waals surface area contributed by atoms with Crippen LogP contribution in [-0.2, 0) is 0 Å².